The first-order chi connectivity index (χ1) is 16.2. The minimum atomic E-state index is 0.123. The smallest absolute Gasteiger partial charge is 0.223 e. The number of hydrogen-bond donors (Lipinski definition) is 1. The normalized spacial score (nSPS) is 16.2. The topological polar surface area (TPSA) is 87.9 Å². The minimum absolute atomic E-state index is 0.123. The van der Waals surface area contributed by atoms with Gasteiger partial charge in [-0.3, -0.25) is 9.89 Å². The fraction of sp³-hybridized carbons (Fsp3) is 0.308. The highest BCUT2D eigenvalue weighted by Gasteiger charge is 2.27. The van der Waals surface area contributed by atoms with E-state index in [-0.39, 0.29) is 11.8 Å². The maximum absolute atomic E-state index is 12.9. The Bertz CT molecular complexity index is 1210. The number of aromatic amines is 1. The van der Waals surface area contributed by atoms with Gasteiger partial charge in [0, 0.05) is 43.0 Å². The van der Waals surface area contributed by atoms with E-state index in [0.29, 0.717) is 31.1 Å². The summed E-state index contributed by atoms with van der Waals surface area (Å²) in [5.74, 6) is 3.16. The monoisotopic (exact) mass is 441 g/mol. The van der Waals surface area contributed by atoms with Gasteiger partial charge >= 0.3 is 0 Å². The number of carbonyl (C=O) groups excluding carboxylic acids is 1. The van der Waals surface area contributed by atoms with Gasteiger partial charge in [0.05, 0.1) is 6.20 Å². The predicted molar refractivity (Wildman–Crippen MR) is 125 cm³/mol. The molecule has 1 N–H and O–H groups in total. The van der Waals surface area contributed by atoms with E-state index in [9.17, 15) is 4.79 Å². The van der Waals surface area contributed by atoms with Crippen molar-refractivity contribution in [1.29, 1.82) is 0 Å². The number of oxazole rings is 1. The van der Waals surface area contributed by atoms with Crippen LogP contribution in [0.15, 0.2) is 65.2 Å². The molecule has 1 aliphatic rings. The number of carbonyl (C=O) groups is 1. The molecule has 3 heterocycles. The highest BCUT2D eigenvalue weighted by atomic mass is 16.4. The molecule has 0 saturated carbocycles. The van der Waals surface area contributed by atoms with E-state index in [1.165, 1.54) is 5.56 Å². The third kappa shape index (κ3) is 4.87. The van der Waals surface area contributed by atoms with Crippen LogP contribution in [0, 0.1) is 6.92 Å². The molecule has 0 aliphatic carbocycles. The van der Waals surface area contributed by atoms with Crippen LogP contribution in [0.3, 0.4) is 0 Å². The Hall–Kier alpha value is -3.74. The first kappa shape index (κ1) is 21.1. The van der Waals surface area contributed by atoms with Crippen molar-refractivity contribution in [2.45, 2.75) is 38.5 Å². The molecule has 1 saturated heterocycles. The number of likely N-dealkylation sites (tertiary alicyclic amines) is 1. The van der Waals surface area contributed by atoms with Crippen molar-refractivity contribution in [3.8, 4) is 22.7 Å². The summed E-state index contributed by atoms with van der Waals surface area (Å²) < 4.78 is 5.88. The molecular weight excluding hydrogens is 414 g/mol. The molecule has 7 nitrogen and oxygen atoms in total. The lowest BCUT2D eigenvalue weighted by atomic mass is 9.97. The summed E-state index contributed by atoms with van der Waals surface area (Å²) in [5.41, 5.74) is 3.18. The molecule has 1 fully saturated rings. The van der Waals surface area contributed by atoms with Gasteiger partial charge in [-0.15, -0.1) is 0 Å². The van der Waals surface area contributed by atoms with Crippen molar-refractivity contribution in [3.05, 3.63) is 78.1 Å². The Labute approximate surface area is 192 Å². The first-order valence-electron chi connectivity index (χ1n) is 11.4. The molecule has 168 valence electrons. The van der Waals surface area contributed by atoms with E-state index < -0.39 is 0 Å². The Morgan fingerprint density at radius 3 is 2.76 bits per heavy atom. The summed E-state index contributed by atoms with van der Waals surface area (Å²) in [4.78, 5) is 23.9. The number of nitrogens with zero attached hydrogens (tertiary/aromatic N) is 4. The number of piperidine rings is 1. The van der Waals surface area contributed by atoms with Crippen LogP contribution in [0.25, 0.3) is 22.7 Å². The Kier molecular flexibility index (Phi) is 6.02. The highest BCUT2D eigenvalue weighted by molar-refractivity contribution is 5.76. The SMILES string of the molecule is Cc1ccc(-c2cnc(CCC(=O)N3CCCC(c4nc(-c5ccccc5)n[nH]4)C3)o2)cc1. The van der Waals surface area contributed by atoms with Gasteiger partial charge in [-0.05, 0) is 19.8 Å². The van der Waals surface area contributed by atoms with Crippen molar-refractivity contribution in [1.82, 2.24) is 25.1 Å². The number of aryl methyl sites for hydroxylation is 2. The zero-order chi connectivity index (χ0) is 22.6. The molecule has 4 aromatic rings. The first-order valence-corrected chi connectivity index (χ1v) is 11.4. The molecule has 33 heavy (non-hydrogen) atoms. The molecule has 2 aromatic heterocycles. The zero-order valence-electron chi connectivity index (χ0n) is 18.7. The Morgan fingerprint density at radius 2 is 1.94 bits per heavy atom. The number of amides is 1. The fourth-order valence-corrected chi connectivity index (χ4v) is 4.25. The third-order valence-corrected chi connectivity index (χ3v) is 6.14. The van der Waals surface area contributed by atoms with Gasteiger partial charge < -0.3 is 9.32 Å². The van der Waals surface area contributed by atoms with E-state index in [4.69, 9.17) is 9.40 Å². The fourth-order valence-electron chi connectivity index (χ4n) is 4.25. The van der Waals surface area contributed by atoms with Gasteiger partial charge in [0.15, 0.2) is 17.5 Å². The second-order valence-electron chi connectivity index (χ2n) is 8.57. The molecule has 1 atom stereocenters. The molecule has 5 rings (SSSR count). The van der Waals surface area contributed by atoms with Crippen LogP contribution in [0.4, 0.5) is 0 Å². The Morgan fingerprint density at radius 1 is 1.12 bits per heavy atom. The van der Waals surface area contributed by atoms with Crippen molar-refractivity contribution < 1.29 is 9.21 Å². The van der Waals surface area contributed by atoms with Crippen molar-refractivity contribution in [2.24, 2.45) is 0 Å². The van der Waals surface area contributed by atoms with Gasteiger partial charge in [0.2, 0.25) is 5.91 Å². The predicted octanol–water partition coefficient (Wildman–Crippen LogP) is 4.77. The molecule has 0 bridgehead atoms. The summed E-state index contributed by atoms with van der Waals surface area (Å²) in [7, 11) is 0. The van der Waals surface area contributed by atoms with E-state index in [0.717, 1.165) is 42.1 Å². The largest absolute Gasteiger partial charge is 0.441 e. The van der Waals surface area contributed by atoms with Gasteiger partial charge in [0.25, 0.3) is 0 Å². The number of nitrogens with one attached hydrogen (secondary N) is 1. The van der Waals surface area contributed by atoms with Gasteiger partial charge in [-0.1, -0.05) is 60.2 Å². The van der Waals surface area contributed by atoms with Crippen LogP contribution in [0.2, 0.25) is 0 Å². The number of benzene rings is 2. The number of H-pyrrole nitrogens is 1. The molecule has 1 unspecified atom stereocenters. The summed E-state index contributed by atoms with van der Waals surface area (Å²) in [6, 6.07) is 18.1. The van der Waals surface area contributed by atoms with Crippen molar-refractivity contribution >= 4 is 5.91 Å². The molecule has 7 heteroatoms. The quantitative estimate of drug-likeness (QED) is 0.465. The number of aromatic nitrogens is 4. The molecule has 0 radical (unpaired) electrons. The lowest BCUT2D eigenvalue weighted by molar-refractivity contribution is -0.132. The average molecular weight is 442 g/mol. The zero-order valence-corrected chi connectivity index (χ0v) is 18.7. The lowest BCUT2D eigenvalue weighted by Crippen LogP contribution is -2.39. The summed E-state index contributed by atoms with van der Waals surface area (Å²) >= 11 is 0. The molecule has 2 aromatic carbocycles. The maximum atomic E-state index is 12.9. The van der Waals surface area contributed by atoms with E-state index in [1.54, 1.807) is 6.20 Å². The molecule has 1 aliphatic heterocycles. The van der Waals surface area contributed by atoms with Crippen LogP contribution in [0.1, 0.15) is 42.5 Å². The van der Waals surface area contributed by atoms with Crippen molar-refractivity contribution in [2.75, 3.05) is 13.1 Å². The van der Waals surface area contributed by atoms with Gasteiger partial charge in [0.1, 0.15) is 5.82 Å². The summed E-state index contributed by atoms with van der Waals surface area (Å²) in [6.45, 7) is 3.48. The minimum Gasteiger partial charge on any atom is -0.441 e. The lowest BCUT2D eigenvalue weighted by Gasteiger charge is -2.31. The summed E-state index contributed by atoms with van der Waals surface area (Å²) in [6.07, 6.45) is 4.55. The van der Waals surface area contributed by atoms with Crippen LogP contribution >= 0.6 is 0 Å². The number of hydrogen-bond acceptors (Lipinski definition) is 5. The van der Waals surface area contributed by atoms with Crippen LogP contribution < -0.4 is 0 Å². The average Bonchev–Trinajstić information content (AvgIpc) is 3.54. The van der Waals surface area contributed by atoms with Crippen LogP contribution in [0.5, 0.6) is 0 Å². The Balaban J connectivity index is 1.18. The second kappa shape index (κ2) is 9.40. The molecular formula is C26H27N5O2. The van der Waals surface area contributed by atoms with E-state index in [2.05, 4.69) is 22.1 Å². The van der Waals surface area contributed by atoms with E-state index in [1.807, 2.05) is 59.5 Å². The van der Waals surface area contributed by atoms with E-state index >= 15 is 0 Å². The molecule has 1 amide bonds. The highest BCUT2D eigenvalue weighted by Crippen LogP contribution is 2.27. The van der Waals surface area contributed by atoms with Gasteiger partial charge in [-0.2, -0.15) is 5.10 Å². The molecule has 0 spiro atoms. The second-order valence-corrected chi connectivity index (χ2v) is 8.57. The van der Waals surface area contributed by atoms with Crippen molar-refractivity contribution in [3.63, 3.8) is 0 Å². The van der Waals surface area contributed by atoms with Gasteiger partial charge in [-0.25, -0.2) is 9.97 Å². The van der Waals surface area contributed by atoms with Crippen LogP contribution in [-0.2, 0) is 11.2 Å². The third-order valence-electron chi connectivity index (χ3n) is 6.14. The van der Waals surface area contributed by atoms with Crippen LogP contribution in [-0.4, -0.2) is 44.1 Å². The standard InChI is InChI=1S/C26H27N5O2/c1-18-9-11-19(12-10-18)22-16-27-23(33-22)13-14-24(32)31-15-5-8-21(17-31)26-28-25(29-30-26)20-6-3-2-4-7-20/h2-4,6-7,9-12,16,21H,5,8,13-15,17H2,1H3,(H,28,29,30). The maximum Gasteiger partial charge on any atom is 0.223 e. The number of rotatable bonds is 6. The summed E-state index contributed by atoms with van der Waals surface area (Å²) in [5, 5.41) is 7.47.